The summed E-state index contributed by atoms with van der Waals surface area (Å²) < 4.78 is 32.6. The quantitative estimate of drug-likeness (QED) is 0.477. The largest absolute Gasteiger partial charge is 0.424 e. The molecular formula is C21H18N2O5S. The Bertz CT molecular complexity index is 1130. The topological polar surface area (TPSA) is 102 Å². The van der Waals surface area contributed by atoms with Crippen LogP contribution in [0, 0.1) is 0 Å². The Morgan fingerprint density at radius 3 is 2.10 bits per heavy atom. The summed E-state index contributed by atoms with van der Waals surface area (Å²) in [5.41, 5.74) is 0.842. The first-order valence-electron chi connectivity index (χ1n) is 8.62. The number of hydrogen-bond acceptors (Lipinski definition) is 5. The van der Waals surface area contributed by atoms with Gasteiger partial charge in [0.2, 0.25) is 0 Å². The van der Waals surface area contributed by atoms with Gasteiger partial charge in [0.25, 0.3) is 15.9 Å². The molecule has 3 rings (SSSR count). The van der Waals surface area contributed by atoms with E-state index < -0.39 is 21.9 Å². The zero-order valence-corrected chi connectivity index (χ0v) is 16.3. The highest BCUT2D eigenvalue weighted by atomic mass is 32.2. The zero-order valence-electron chi connectivity index (χ0n) is 15.5. The second kappa shape index (κ2) is 8.57. The molecule has 1 amide bonds. The van der Waals surface area contributed by atoms with Crippen LogP contribution in [0.1, 0.15) is 17.3 Å². The lowest BCUT2D eigenvalue weighted by Gasteiger charge is -2.14. The average Bonchev–Trinajstić information content (AvgIpc) is 2.70. The Morgan fingerprint density at radius 2 is 1.48 bits per heavy atom. The van der Waals surface area contributed by atoms with Crippen molar-refractivity contribution in [3.05, 3.63) is 84.4 Å². The van der Waals surface area contributed by atoms with Crippen molar-refractivity contribution in [2.24, 2.45) is 0 Å². The minimum atomic E-state index is -3.82. The molecule has 0 saturated heterocycles. The van der Waals surface area contributed by atoms with Gasteiger partial charge in [-0.3, -0.25) is 14.3 Å². The minimum Gasteiger partial charge on any atom is -0.424 e. The maximum absolute atomic E-state index is 12.5. The molecule has 0 aromatic heterocycles. The molecule has 2 N–H and O–H groups in total. The molecular weight excluding hydrogens is 392 g/mol. The van der Waals surface area contributed by atoms with Gasteiger partial charge in [0.05, 0.1) is 16.3 Å². The lowest BCUT2D eigenvalue weighted by molar-refractivity contribution is -0.131. The third-order valence-electron chi connectivity index (χ3n) is 3.83. The normalized spacial score (nSPS) is 10.8. The van der Waals surface area contributed by atoms with Crippen LogP contribution in [-0.2, 0) is 14.8 Å². The second-order valence-corrected chi connectivity index (χ2v) is 7.73. The molecule has 0 unspecified atom stereocenters. The van der Waals surface area contributed by atoms with Crippen molar-refractivity contribution in [1.29, 1.82) is 0 Å². The molecule has 29 heavy (non-hydrogen) atoms. The number of esters is 1. The van der Waals surface area contributed by atoms with E-state index in [0.717, 1.165) is 0 Å². The molecule has 0 spiro atoms. The zero-order chi connectivity index (χ0) is 20.9. The predicted molar refractivity (Wildman–Crippen MR) is 109 cm³/mol. The summed E-state index contributed by atoms with van der Waals surface area (Å²) in [6.45, 7) is 1.21. The number of carbonyl (C=O) groups is 2. The number of rotatable bonds is 6. The summed E-state index contributed by atoms with van der Waals surface area (Å²) in [5, 5.41) is 2.66. The Hall–Kier alpha value is -3.65. The van der Waals surface area contributed by atoms with Gasteiger partial charge in [0.15, 0.2) is 5.75 Å². The fourth-order valence-corrected chi connectivity index (χ4v) is 3.60. The average molecular weight is 410 g/mol. The maximum atomic E-state index is 12.5. The first-order chi connectivity index (χ1) is 13.8. The van der Waals surface area contributed by atoms with E-state index in [1.807, 2.05) is 0 Å². The van der Waals surface area contributed by atoms with Crippen LogP contribution < -0.4 is 14.8 Å². The van der Waals surface area contributed by atoms with Crippen LogP contribution in [0.25, 0.3) is 0 Å². The number of ether oxygens (including phenoxy) is 1. The number of amides is 1. The van der Waals surface area contributed by atoms with Gasteiger partial charge in [0, 0.05) is 18.6 Å². The highest BCUT2D eigenvalue weighted by Crippen LogP contribution is 2.30. The summed E-state index contributed by atoms with van der Waals surface area (Å²) in [5.74, 6) is -0.977. The molecule has 3 aromatic rings. The van der Waals surface area contributed by atoms with Gasteiger partial charge in [-0.1, -0.05) is 36.4 Å². The number of benzene rings is 3. The highest BCUT2D eigenvalue weighted by molar-refractivity contribution is 7.92. The van der Waals surface area contributed by atoms with Gasteiger partial charge in [-0.15, -0.1) is 0 Å². The van der Waals surface area contributed by atoms with Gasteiger partial charge >= 0.3 is 5.97 Å². The number of carbonyl (C=O) groups excluding carboxylic acids is 2. The molecule has 8 heteroatoms. The van der Waals surface area contributed by atoms with E-state index in [-0.39, 0.29) is 22.0 Å². The predicted octanol–water partition coefficient (Wildman–Crippen LogP) is 3.67. The Balaban J connectivity index is 1.88. The maximum Gasteiger partial charge on any atom is 0.308 e. The van der Waals surface area contributed by atoms with E-state index in [1.165, 1.54) is 37.3 Å². The van der Waals surface area contributed by atoms with E-state index in [2.05, 4.69) is 10.0 Å². The van der Waals surface area contributed by atoms with Crippen LogP contribution in [0.4, 0.5) is 11.4 Å². The summed E-state index contributed by atoms with van der Waals surface area (Å²) in [6, 6.07) is 20.6. The summed E-state index contributed by atoms with van der Waals surface area (Å²) in [6.07, 6.45) is 0. The van der Waals surface area contributed by atoms with Crippen molar-refractivity contribution in [2.45, 2.75) is 11.8 Å². The van der Waals surface area contributed by atoms with Crippen molar-refractivity contribution >= 4 is 33.3 Å². The van der Waals surface area contributed by atoms with Gasteiger partial charge in [-0.2, -0.15) is 0 Å². The van der Waals surface area contributed by atoms with Crippen LogP contribution in [-0.4, -0.2) is 20.3 Å². The number of hydrogen-bond donors (Lipinski definition) is 2. The van der Waals surface area contributed by atoms with E-state index in [4.69, 9.17) is 4.74 Å². The fourth-order valence-electron chi connectivity index (χ4n) is 2.53. The standard InChI is InChI=1S/C21H18N2O5S/c1-15(24)28-20-14-17(23-29(26,27)18-10-6-3-7-11-18)12-13-19(20)22-21(25)16-8-4-2-5-9-16/h2-14,23H,1H3,(H,22,25). The molecule has 0 atom stereocenters. The summed E-state index contributed by atoms with van der Waals surface area (Å²) in [7, 11) is -3.82. The third kappa shape index (κ3) is 5.20. The number of sulfonamides is 1. The summed E-state index contributed by atoms with van der Waals surface area (Å²) in [4.78, 5) is 23.9. The van der Waals surface area contributed by atoms with Crippen LogP contribution >= 0.6 is 0 Å². The van der Waals surface area contributed by atoms with Crippen LogP contribution in [0.15, 0.2) is 83.8 Å². The van der Waals surface area contributed by atoms with Crippen molar-refractivity contribution in [3.63, 3.8) is 0 Å². The van der Waals surface area contributed by atoms with E-state index in [0.29, 0.717) is 5.56 Å². The lowest BCUT2D eigenvalue weighted by atomic mass is 10.2. The lowest BCUT2D eigenvalue weighted by Crippen LogP contribution is -2.15. The number of nitrogens with one attached hydrogen (secondary N) is 2. The van der Waals surface area contributed by atoms with Gasteiger partial charge in [-0.25, -0.2) is 8.42 Å². The molecule has 3 aromatic carbocycles. The summed E-state index contributed by atoms with van der Waals surface area (Å²) >= 11 is 0. The molecule has 0 heterocycles. The Labute approximate surface area is 168 Å². The van der Waals surface area contributed by atoms with Crippen molar-refractivity contribution in [3.8, 4) is 5.75 Å². The van der Waals surface area contributed by atoms with Crippen molar-refractivity contribution in [2.75, 3.05) is 10.0 Å². The van der Waals surface area contributed by atoms with Gasteiger partial charge in [-0.05, 0) is 36.4 Å². The first kappa shape index (κ1) is 20.1. The van der Waals surface area contributed by atoms with Crippen LogP contribution in [0.3, 0.4) is 0 Å². The monoisotopic (exact) mass is 410 g/mol. The fraction of sp³-hybridized carbons (Fsp3) is 0.0476. The molecule has 0 aliphatic heterocycles. The third-order valence-corrected chi connectivity index (χ3v) is 5.22. The smallest absolute Gasteiger partial charge is 0.308 e. The van der Waals surface area contributed by atoms with E-state index >= 15 is 0 Å². The van der Waals surface area contributed by atoms with Gasteiger partial charge < -0.3 is 10.1 Å². The van der Waals surface area contributed by atoms with E-state index in [9.17, 15) is 18.0 Å². The molecule has 7 nitrogen and oxygen atoms in total. The Kier molecular flexibility index (Phi) is 5.94. The molecule has 0 saturated carbocycles. The molecule has 0 aliphatic carbocycles. The highest BCUT2D eigenvalue weighted by Gasteiger charge is 2.17. The van der Waals surface area contributed by atoms with Gasteiger partial charge in [0.1, 0.15) is 0 Å². The van der Waals surface area contributed by atoms with E-state index in [1.54, 1.807) is 48.5 Å². The number of anilines is 2. The second-order valence-electron chi connectivity index (χ2n) is 6.04. The van der Waals surface area contributed by atoms with Crippen molar-refractivity contribution < 1.29 is 22.7 Å². The first-order valence-corrected chi connectivity index (χ1v) is 10.1. The molecule has 0 radical (unpaired) electrons. The minimum absolute atomic E-state index is 0.0232. The molecule has 148 valence electrons. The van der Waals surface area contributed by atoms with Crippen LogP contribution in [0.5, 0.6) is 5.75 Å². The molecule has 0 aliphatic rings. The Morgan fingerprint density at radius 1 is 0.862 bits per heavy atom. The van der Waals surface area contributed by atoms with Crippen LogP contribution in [0.2, 0.25) is 0 Å². The SMILES string of the molecule is CC(=O)Oc1cc(NS(=O)(=O)c2ccccc2)ccc1NC(=O)c1ccccc1. The molecule has 0 fully saturated rings. The van der Waals surface area contributed by atoms with Crippen molar-refractivity contribution in [1.82, 2.24) is 0 Å². The molecule has 0 bridgehead atoms.